The van der Waals surface area contributed by atoms with E-state index in [1.54, 1.807) is 0 Å². The highest BCUT2D eigenvalue weighted by Crippen LogP contribution is 2.31. The smallest absolute Gasteiger partial charge is 0.252 e. The van der Waals surface area contributed by atoms with Crippen molar-refractivity contribution in [3.8, 4) is 0 Å². The van der Waals surface area contributed by atoms with Gasteiger partial charge in [-0.2, -0.15) is 0 Å². The van der Waals surface area contributed by atoms with Crippen LogP contribution in [0.3, 0.4) is 0 Å². The fourth-order valence-electron chi connectivity index (χ4n) is 5.09. The van der Waals surface area contributed by atoms with Gasteiger partial charge < -0.3 is 9.72 Å². The number of benzene rings is 1. The number of aromatic amines is 1. The van der Waals surface area contributed by atoms with Gasteiger partial charge in [0.1, 0.15) is 0 Å². The summed E-state index contributed by atoms with van der Waals surface area (Å²) in [6, 6.07) is 8.13. The van der Waals surface area contributed by atoms with Crippen molar-refractivity contribution in [2.75, 3.05) is 39.4 Å². The first-order chi connectivity index (χ1) is 17.1. The van der Waals surface area contributed by atoms with Gasteiger partial charge in [-0.15, -0.1) is 5.10 Å². The van der Waals surface area contributed by atoms with Gasteiger partial charge in [-0.1, -0.05) is 25.5 Å². The van der Waals surface area contributed by atoms with Crippen molar-refractivity contribution in [3.05, 3.63) is 51.6 Å². The number of nitrogens with zero attached hydrogens (tertiary/aromatic N) is 6. The Morgan fingerprint density at radius 1 is 1.17 bits per heavy atom. The molecule has 3 aromatic rings. The summed E-state index contributed by atoms with van der Waals surface area (Å²) in [6.07, 6.45) is 0.991. The summed E-state index contributed by atoms with van der Waals surface area (Å²) < 4.78 is 7.44. The Balaban J connectivity index is 1.67. The Hall–Kier alpha value is -2.62. The lowest BCUT2D eigenvalue weighted by molar-refractivity contribution is 0.0340. The highest BCUT2D eigenvalue weighted by atomic mass is 16.5. The number of ether oxygens (including phenoxy) is 1. The lowest BCUT2D eigenvalue weighted by atomic mass is 9.98. The Kier molecular flexibility index (Phi) is 8.22. The molecule has 0 radical (unpaired) electrons. The molecule has 9 nitrogen and oxygen atoms in total. The summed E-state index contributed by atoms with van der Waals surface area (Å²) in [5, 5.41) is 13.9. The number of pyridine rings is 1. The van der Waals surface area contributed by atoms with Crippen LogP contribution in [-0.4, -0.2) is 74.4 Å². The summed E-state index contributed by atoms with van der Waals surface area (Å²) in [4.78, 5) is 21.1. The van der Waals surface area contributed by atoms with Gasteiger partial charge in [0.05, 0.1) is 24.8 Å². The predicted molar refractivity (Wildman–Crippen MR) is 142 cm³/mol. The Bertz CT molecular complexity index is 1200. The number of aryl methyl sites for hydroxylation is 1. The van der Waals surface area contributed by atoms with Crippen LogP contribution in [0.4, 0.5) is 0 Å². The molecular weight excluding hydrogens is 454 g/mol. The van der Waals surface area contributed by atoms with Crippen LogP contribution in [0, 0.1) is 12.8 Å². The van der Waals surface area contributed by atoms with Crippen molar-refractivity contribution in [1.82, 2.24) is 35.0 Å². The van der Waals surface area contributed by atoms with Crippen molar-refractivity contribution >= 4 is 10.9 Å². The molecule has 1 aliphatic rings. The summed E-state index contributed by atoms with van der Waals surface area (Å²) in [5.41, 5.74) is 2.52. The van der Waals surface area contributed by atoms with Gasteiger partial charge in [0, 0.05) is 37.3 Å². The molecule has 2 aromatic heterocycles. The number of rotatable bonds is 9. The van der Waals surface area contributed by atoms with Crippen molar-refractivity contribution < 1.29 is 4.74 Å². The second-order valence-corrected chi connectivity index (χ2v) is 11.3. The number of hydrogen-bond donors (Lipinski definition) is 1. The molecule has 9 heteroatoms. The van der Waals surface area contributed by atoms with Crippen LogP contribution in [0.2, 0.25) is 0 Å². The Morgan fingerprint density at radius 2 is 1.92 bits per heavy atom. The molecule has 1 N–H and O–H groups in total. The van der Waals surface area contributed by atoms with Crippen LogP contribution < -0.4 is 5.56 Å². The molecule has 0 aliphatic carbocycles. The number of nitrogens with one attached hydrogen (secondary N) is 1. The molecule has 0 spiro atoms. The van der Waals surface area contributed by atoms with E-state index in [0.717, 1.165) is 68.1 Å². The monoisotopic (exact) mass is 495 g/mol. The van der Waals surface area contributed by atoms with Gasteiger partial charge in [-0.3, -0.25) is 14.6 Å². The van der Waals surface area contributed by atoms with Gasteiger partial charge in [0.25, 0.3) is 5.56 Å². The number of hydrogen-bond acceptors (Lipinski definition) is 7. The first kappa shape index (κ1) is 26.4. The molecule has 1 atom stereocenters. The fraction of sp³-hybridized carbons (Fsp3) is 0.630. The average Bonchev–Trinajstić information content (AvgIpc) is 3.30. The molecule has 0 bridgehead atoms. The minimum Gasteiger partial charge on any atom is -0.379 e. The van der Waals surface area contributed by atoms with E-state index in [0.29, 0.717) is 6.54 Å². The number of aromatic nitrogens is 5. The van der Waals surface area contributed by atoms with Crippen molar-refractivity contribution in [1.29, 1.82) is 0 Å². The van der Waals surface area contributed by atoms with Crippen molar-refractivity contribution in [3.63, 3.8) is 0 Å². The summed E-state index contributed by atoms with van der Waals surface area (Å²) >= 11 is 0. The summed E-state index contributed by atoms with van der Waals surface area (Å²) in [6.45, 7) is 18.7. The van der Waals surface area contributed by atoms with Gasteiger partial charge in [0.2, 0.25) is 0 Å². The minimum atomic E-state index is -0.247. The lowest BCUT2D eigenvalue weighted by Crippen LogP contribution is -2.41. The molecule has 0 amide bonds. The van der Waals surface area contributed by atoms with Crippen LogP contribution in [0.5, 0.6) is 0 Å². The molecule has 1 fully saturated rings. The SMILES string of the molecule is Cc1ccc2[nH]c(=O)c(CN(CCCN3CCOCC3)[C@@H](c3nnnn3C(C)(C)C)C(C)C)cc2c1. The largest absolute Gasteiger partial charge is 0.379 e. The number of tetrazole rings is 1. The minimum absolute atomic E-state index is 0.0310. The Labute approximate surface area is 213 Å². The molecule has 1 saturated heterocycles. The topological polar surface area (TPSA) is 92.2 Å². The van der Waals surface area contributed by atoms with Crippen LogP contribution in [0.25, 0.3) is 10.9 Å². The quantitative estimate of drug-likeness (QED) is 0.486. The van der Waals surface area contributed by atoms with Crippen LogP contribution in [-0.2, 0) is 16.8 Å². The average molecular weight is 496 g/mol. The van der Waals surface area contributed by atoms with Crippen molar-refractivity contribution in [2.45, 2.75) is 66.1 Å². The molecule has 196 valence electrons. The number of H-pyrrole nitrogens is 1. The molecule has 4 rings (SSSR count). The van der Waals surface area contributed by atoms with E-state index in [9.17, 15) is 4.79 Å². The standard InChI is InChI=1S/C27H41N7O2/c1-19(2)24(25-29-30-31-34(25)27(4,5)6)33(11-7-10-32-12-14-36-15-13-32)18-22-17-21-16-20(3)8-9-23(21)28-26(22)35/h8-9,16-17,19,24H,7,10-15,18H2,1-6H3,(H,28,35)/t24-/m1/s1. The van der Waals surface area contributed by atoms with Crippen LogP contribution in [0.15, 0.2) is 29.1 Å². The summed E-state index contributed by atoms with van der Waals surface area (Å²) in [7, 11) is 0. The third kappa shape index (κ3) is 6.19. The Morgan fingerprint density at radius 3 is 2.61 bits per heavy atom. The normalized spacial score (nSPS) is 16.3. The highest BCUT2D eigenvalue weighted by Gasteiger charge is 2.32. The van der Waals surface area contributed by atoms with Crippen molar-refractivity contribution in [2.24, 2.45) is 5.92 Å². The van der Waals surface area contributed by atoms with Gasteiger partial charge >= 0.3 is 0 Å². The fourth-order valence-corrected chi connectivity index (χ4v) is 5.09. The van der Waals surface area contributed by atoms with E-state index in [1.165, 1.54) is 5.56 Å². The molecule has 0 unspecified atom stereocenters. The third-order valence-electron chi connectivity index (χ3n) is 6.89. The zero-order valence-electron chi connectivity index (χ0n) is 22.6. The third-order valence-corrected chi connectivity index (χ3v) is 6.89. The van der Waals surface area contributed by atoms with E-state index in [1.807, 2.05) is 22.9 Å². The predicted octanol–water partition coefficient (Wildman–Crippen LogP) is 3.50. The molecule has 1 aliphatic heterocycles. The van der Waals surface area contributed by atoms with E-state index < -0.39 is 0 Å². The van der Waals surface area contributed by atoms with E-state index in [2.05, 4.69) is 77.9 Å². The number of morpholine rings is 1. The van der Waals surface area contributed by atoms with Gasteiger partial charge in [-0.05, 0) is 80.6 Å². The van der Waals surface area contributed by atoms with E-state index in [4.69, 9.17) is 4.74 Å². The second-order valence-electron chi connectivity index (χ2n) is 11.3. The summed E-state index contributed by atoms with van der Waals surface area (Å²) in [5.74, 6) is 1.10. The molecular formula is C27H41N7O2. The molecule has 36 heavy (non-hydrogen) atoms. The van der Waals surface area contributed by atoms with Gasteiger partial charge in [0.15, 0.2) is 5.82 Å². The zero-order valence-corrected chi connectivity index (χ0v) is 22.6. The maximum absolute atomic E-state index is 13.1. The lowest BCUT2D eigenvalue weighted by Gasteiger charge is -2.36. The van der Waals surface area contributed by atoms with E-state index in [-0.39, 0.29) is 23.1 Å². The zero-order chi connectivity index (χ0) is 25.9. The maximum Gasteiger partial charge on any atom is 0.252 e. The van der Waals surface area contributed by atoms with Crippen LogP contribution >= 0.6 is 0 Å². The van der Waals surface area contributed by atoms with Crippen LogP contribution in [0.1, 0.15) is 64.0 Å². The first-order valence-corrected chi connectivity index (χ1v) is 13.1. The second kappa shape index (κ2) is 11.2. The van der Waals surface area contributed by atoms with Gasteiger partial charge in [-0.25, -0.2) is 4.68 Å². The highest BCUT2D eigenvalue weighted by molar-refractivity contribution is 5.79. The van der Waals surface area contributed by atoms with E-state index >= 15 is 0 Å². The number of fused-ring (bicyclic) bond motifs is 1. The molecule has 0 saturated carbocycles. The molecule has 1 aromatic carbocycles. The maximum atomic E-state index is 13.1. The first-order valence-electron chi connectivity index (χ1n) is 13.1. The molecule has 3 heterocycles.